The topological polar surface area (TPSA) is 78.9 Å². The summed E-state index contributed by atoms with van der Waals surface area (Å²) in [5.74, 6) is 0.667. The maximum Gasteiger partial charge on any atom is 0.310 e. The molecule has 3 N–H and O–H groups in total. The van der Waals surface area contributed by atoms with Crippen LogP contribution in [0.4, 0.5) is 17.5 Å². The van der Waals surface area contributed by atoms with Gasteiger partial charge in [-0.05, 0) is 26.0 Å². The van der Waals surface area contributed by atoms with Gasteiger partial charge in [-0.2, -0.15) is 4.98 Å². The molecule has 112 valence electrons. The summed E-state index contributed by atoms with van der Waals surface area (Å²) in [6.45, 7) is 3.82. The predicted molar refractivity (Wildman–Crippen MR) is 88.7 cm³/mol. The van der Waals surface area contributed by atoms with E-state index in [-0.39, 0.29) is 11.9 Å². The number of anilines is 3. The van der Waals surface area contributed by atoms with Crippen LogP contribution >= 0.6 is 11.6 Å². The molecule has 1 aromatic heterocycles. The van der Waals surface area contributed by atoms with E-state index < -0.39 is 0 Å². The summed E-state index contributed by atoms with van der Waals surface area (Å²) in [6.07, 6.45) is 1.49. The number of aromatic nitrogens is 2. The average Bonchev–Trinajstić information content (AvgIpc) is 2.49. The molecule has 6 nitrogen and oxygen atoms in total. The highest BCUT2D eigenvalue weighted by Crippen LogP contribution is 2.25. The zero-order valence-electron chi connectivity index (χ0n) is 12.2. The van der Waals surface area contributed by atoms with Gasteiger partial charge in [0.15, 0.2) is 11.8 Å². The van der Waals surface area contributed by atoms with Crippen molar-refractivity contribution in [2.75, 3.05) is 9.62 Å². The Morgan fingerprint density at radius 1 is 1.32 bits per heavy atom. The van der Waals surface area contributed by atoms with Crippen molar-refractivity contribution >= 4 is 51.5 Å². The maximum absolute atomic E-state index is 12.2. The van der Waals surface area contributed by atoms with Crippen molar-refractivity contribution < 1.29 is 4.79 Å². The number of nitrogens with zero attached hydrogens (tertiary/aromatic N) is 2. The smallest absolute Gasteiger partial charge is 0.310 e. The van der Waals surface area contributed by atoms with Gasteiger partial charge >= 0.3 is 16.5 Å². The van der Waals surface area contributed by atoms with Crippen molar-refractivity contribution in [2.24, 2.45) is 0 Å². The van der Waals surface area contributed by atoms with E-state index in [0.717, 1.165) is 0 Å². The van der Waals surface area contributed by atoms with Gasteiger partial charge in [0.1, 0.15) is 5.02 Å². The van der Waals surface area contributed by atoms with Crippen LogP contribution in [0.3, 0.4) is 0 Å². The molecule has 2 radical (unpaired) electrons. The predicted octanol–water partition coefficient (Wildman–Crippen LogP) is 2.51. The summed E-state index contributed by atoms with van der Waals surface area (Å²) >= 11 is 8.41. The number of hydrogen-bond acceptors (Lipinski definition) is 5. The number of halogens is 1. The Kier molecular flexibility index (Phi) is 5.61. The summed E-state index contributed by atoms with van der Waals surface area (Å²) in [5, 5.41) is 6.30. The second kappa shape index (κ2) is 7.45. The third-order valence-corrected chi connectivity index (χ3v) is 3.25. The molecule has 0 atom stereocenters. The van der Waals surface area contributed by atoms with Gasteiger partial charge in [0, 0.05) is 6.04 Å². The van der Waals surface area contributed by atoms with Crippen LogP contribution in [-0.2, 0) is 0 Å². The van der Waals surface area contributed by atoms with Crippen LogP contribution < -0.4 is 14.9 Å². The van der Waals surface area contributed by atoms with Gasteiger partial charge in [0.05, 0.1) is 17.4 Å². The molecule has 1 aromatic carbocycles. The quantitative estimate of drug-likeness (QED) is 0.734. The van der Waals surface area contributed by atoms with E-state index in [1.807, 2.05) is 19.9 Å². The molecule has 2 aromatic rings. The molecule has 0 aliphatic heterocycles. The molecule has 0 unspecified atom stereocenters. The first-order valence-electron chi connectivity index (χ1n) is 6.67. The number of hydrogen-bond donors (Lipinski definition) is 3. The van der Waals surface area contributed by atoms with Crippen molar-refractivity contribution in [2.45, 2.75) is 19.9 Å². The molecule has 22 heavy (non-hydrogen) atoms. The normalized spacial score (nSPS) is 10.4. The monoisotopic (exact) mass is 331 g/mol. The van der Waals surface area contributed by atoms with Crippen LogP contribution in [-0.4, -0.2) is 38.4 Å². The fourth-order valence-corrected chi connectivity index (χ4v) is 2.06. The first-order valence-corrected chi connectivity index (χ1v) is 7.63. The zero-order valence-corrected chi connectivity index (χ0v) is 14.1. The van der Waals surface area contributed by atoms with Gasteiger partial charge in [-0.25, -0.2) is 4.98 Å². The lowest BCUT2D eigenvalue weighted by Gasteiger charge is -2.14. The lowest BCUT2D eigenvalue weighted by atomic mass is 10.1. The van der Waals surface area contributed by atoms with Crippen LogP contribution in [0.1, 0.15) is 24.2 Å². The summed E-state index contributed by atoms with van der Waals surface area (Å²) in [4.78, 5) is 20.5. The fourth-order valence-electron chi connectivity index (χ4n) is 1.78. The molecular formula is C14H15AlClN5O. The number of carbonyl (C=O) groups is 1. The Bertz CT molecular complexity index is 680. The summed E-state index contributed by atoms with van der Waals surface area (Å²) < 4.78 is 2.76. The standard InChI is InChI=1S/C14H16ClN5O.Al/c1-8(2)18-13(21)9-5-3-4-6-11(9)19-12-10(15)7-17-14(16)20-12;/h3-8H,1-2H3,(H4,16,17,18,19,20,21);/q;+1/p-1. The van der Waals surface area contributed by atoms with Crippen LogP contribution in [0.25, 0.3) is 0 Å². The van der Waals surface area contributed by atoms with Gasteiger partial charge in [0.2, 0.25) is 0 Å². The van der Waals surface area contributed by atoms with E-state index in [1.165, 1.54) is 6.20 Å². The lowest BCUT2D eigenvalue weighted by Crippen LogP contribution is -2.30. The van der Waals surface area contributed by atoms with Gasteiger partial charge in [0.25, 0.3) is 5.91 Å². The maximum atomic E-state index is 12.2. The van der Waals surface area contributed by atoms with E-state index in [0.29, 0.717) is 28.0 Å². The molecule has 1 amide bonds. The molecule has 0 saturated carbocycles. The van der Waals surface area contributed by atoms with E-state index in [2.05, 4.69) is 41.4 Å². The Hall–Kier alpha value is -1.81. The summed E-state index contributed by atoms with van der Waals surface area (Å²) in [6, 6.07) is 7.22. The van der Waals surface area contributed by atoms with Crippen molar-refractivity contribution in [1.82, 2.24) is 15.3 Å². The molecule has 8 heteroatoms. The SMILES string of the molecule is CC(C)NC(=O)c1ccccc1Nc1nc([NH][Al])ncc1Cl. The van der Waals surface area contributed by atoms with Gasteiger partial charge in [-0.3, -0.25) is 4.79 Å². The summed E-state index contributed by atoms with van der Waals surface area (Å²) in [7, 11) is 0. The highest BCUT2D eigenvalue weighted by Gasteiger charge is 2.13. The van der Waals surface area contributed by atoms with Crippen molar-refractivity contribution in [1.29, 1.82) is 0 Å². The molecule has 0 aliphatic carbocycles. The molecule has 1 heterocycles. The molecule has 0 fully saturated rings. The van der Waals surface area contributed by atoms with E-state index >= 15 is 0 Å². The summed E-state index contributed by atoms with van der Waals surface area (Å²) in [5.41, 5.74) is 1.14. The second-order valence-corrected chi connectivity index (χ2v) is 5.53. The number of amides is 1. The lowest BCUT2D eigenvalue weighted by molar-refractivity contribution is 0.0944. The average molecular weight is 332 g/mol. The van der Waals surface area contributed by atoms with Crippen molar-refractivity contribution in [3.8, 4) is 0 Å². The number of nitrogens with one attached hydrogen (secondary N) is 3. The number of carbonyl (C=O) groups excluding carboxylic acids is 1. The zero-order chi connectivity index (χ0) is 16.1. The second-order valence-electron chi connectivity index (χ2n) is 4.83. The number of benzene rings is 1. The number of rotatable bonds is 5. The highest BCUT2D eigenvalue weighted by atomic mass is 35.5. The van der Waals surface area contributed by atoms with E-state index in [1.54, 1.807) is 18.2 Å². The molecule has 0 aliphatic rings. The first kappa shape index (κ1) is 16.6. The van der Waals surface area contributed by atoms with Crippen LogP contribution in [0.15, 0.2) is 30.5 Å². The van der Waals surface area contributed by atoms with Crippen molar-refractivity contribution in [3.05, 3.63) is 41.0 Å². The molecule has 0 saturated heterocycles. The third kappa shape index (κ3) is 4.11. The minimum absolute atomic E-state index is 0.0520. The Balaban J connectivity index is 2.32. The molecule has 0 spiro atoms. The minimum atomic E-state index is -0.160. The molecule has 2 rings (SSSR count). The Morgan fingerprint density at radius 3 is 2.73 bits per heavy atom. The fraction of sp³-hybridized carbons (Fsp3) is 0.214. The van der Waals surface area contributed by atoms with Crippen molar-refractivity contribution in [3.63, 3.8) is 0 Å². The van der Waals surface area contributed by atoms with Crippen LogP contribution in [0.5, 0.6) is 0 Å². The van der Waals surface area contributed by atoms with Gasteiger partial charge < -0.3 is 14.9 Å². The van der Waals surface area contributed by atoms with E-state index in [9.17, 15) is 4.79 Å². The third-order valence-electron chi connectivity index (χ3n) is 2.72. The van der Waals surface area contributed by atoms with Gasteiger partial charge in [-0.1, -0.05) is 23.7 Å². The van der Waals surface area contributed by atoms with Gasteiger partial charge in [-0.15, -0.1) is 0 Å². The number of para-hydroxylation sites is 1. The Labute approximate surface area is 142 Å². The van der Waals surface area contributed by atoms with Crippen LogP contribution in [0.2, 0.25) is 5.02 Å². The minimum Gasteiger partial charge on any atom is -0.461 e. The largest absolute Gasteiger partial charge is 0.461 e. The first-order chi connectivity index (χ1) is 10.5. The molecular weight excluding hydrogens is 317 g/mol. The molecule has 0 bridgehead atoms. The van der Waals surface area contributed by atoms with E-state index in [4.69, 9.17) is 11.6 Å². The highest BCUT2D eigenvalue weighted by molar-refractivity contribution is 6.33. The Morgan fingerprint density at radius 2 is 2.05 bits per heavy atom. The van der Waals surface area contributed by atoms with Crippen LogP contribution in [0, 0.1) is 0 Å².